The normalized spacial score (nSPS) is 12.2. The molecule has 0 heterocycles. The highest BCUT2D eigenvalue weighted by molar-refractivity contribution is 6.30. The molecule has 2 N–H and O–H groups in total. The molecule has 18 heavy (non-hydrogen) atoms. The summed E-state index contributed by atoms with van der Waals surface area (Å²) in [6.07, 6.45) is 0. The van der Waals surface area contributed by atoms with Crippen molar-refractivity contribution in [1.82, 2.24) is 0 Å². The van der Waals surface area contributed by atoms with Gasteiger partial charge in [-0.1, -0.05) is 41.4 Å². The van der Waals surface area contributed by atoms with Crippen LogP contribution in [0.4, 0.5) is 0 Å². The van der Waals surface area contributed by atoms with Crippen molar-refractivity contribution in [3.63, 3.8) is 0 Å². The average Bonchev–Trinajstić information content (AvgIpc) is 2.39. The van der Waals surface area contributed by atoms with E-state index in [1.54, 1.807) is 13.2 Å². The highest BCUT2D eigenvalue weighted by atomic mass is 35.5. The van der Waals surface area contributed by atoms with Crippen LogP contribution in [0.25, 0.3) is 0 Å². The molecule has 2 rings (SSSR count). The van der Waals surface area contributed by atoms with Crippen molar-refractivity contribution < 1.29 is 4.74 Å². The van der Waals surface area contributed by atoms with Gasteiger partial charge in [0, 0.05) is 10.6 Å². The maximum atomic E-state index is 6.27. The van der Waals surface area contributed by atoms with Gasteiger partial charge in [-0.25, -0.2) is 0 Å². The number of benzene rings is 2. The van der Waals surface area contributed by atoms with Crippen molar-refractivity contribution in [3.8, 4) is 5.75 Å². The predicted octanol–water partition coefficient (Wildman–Crippen LogP) is 3.71. The number of hydrogen-bond donors (Lipinski definition) is 1. The third kappa shape index (κ3) is 2.66. The quantitative estimate of drug-likeness (QED) is 0.914. The number of rotatable bonds is 3. The molecule has 0 fully saturated rings. The lowest BCUT2D eigenvalue weighted by Gasteiger charge is -2.16. The van der Waals surface area contributed by atoms with Gasteiger partial charge < -0.3 is 10.5 Å². The first-order chi connectivity index (χ1) is 8.61. The zero-order valence-corrected chi connectivity index (χ0v) is 11.2. The summed E-state index contributed by atoms with van der Waals surface area (Å²) in [6.45, 7) is 2.05. The molecule has 0 saturated carbocycles. The summed E-state index contributed by atoms with van der Waals surface area (Å²) in [5.74, 6) is 0.757. The van der Waals surface area contributed by atoms with Crippen LogP contribution in [-0.4, -0.2) is 7.11 Å². The molecule has 94 valence electrons. The Labute approximate surface area is 112 Å². The van der Waals surface area contributed by atoms with E-state index in [0.717, 1.165) is 16.9 Å². The van der Waals surface area contributed by atoms with Crippen LogP contribution >= 0.6 is 11.6 Å². The predicted molar refractivity (Wildman–Crippen MR) is 75.2 cm³/mol. The molecule has 0 spiro atoms. The molecular formula is C15H16ClNO. The summed E-state index contributed by atoms with van der Waals surface area (Å²) in [6, 6.07) is 13.4. The van der Waals surface area contributed by atoms with Gasteiger partial charge in [-0.15, -0.1) is 0 Å². The average molecular weight is 262 g/mol. The fourth-order valence-corrected chi connectivity index (χ4v) is 2.08. The minimum atomic E-state index is -0.237. The Bertz CT molecular complexity index is 537. The molecule has 2 nitrogen and oxygen atoms in total. The zero-order valence-electron chi connectivity index (χ0n) is 10.5. The topological polar surface area (TPSA) is 35.2 Å². The first-order valence-corrected chi connectivity index (χ1v) is 6.15. The molecule has 0 aliphatic carbocycles. The van der Waals surface area contributed by atoms with E-state index in [0.29, 0.717) is 5.02 Å². The molecule has 0 aromatic heterocycles. The number of aryl methyl sites for hydroxylation is 1. The Balaban J connectivity index is 2.41. The maximum Gasteiger partial charge on any atom is 0.124 e. The van der Waals surface area contributed by atoms with Crippen molar-refractivity contribution in [1.29, 1.82) is 0 Å². The zero-order chi connectivity index (χ0) is 13.1. The van der Waals surface area contributed by atoms with Crippen molar-refractivity contribution in [2.75, 3.05) is 7.11 Å². The van der Waals surface area contributed by atoms with Crippen molar-refractivity contribution in [3.05, 3.63) is 64.2 Å². The number of halogens is 1. The fraction of sp³-hybridized carbons (Fsp3) is 0.200. The molecule has 1 unspecified atom stereocenters. The summed E-state index contributed by atoms with van der Waals surface area (Å²) in [5, 5.41) is 0.661. The second kappa shape index (κ2) is 5.42. The Morgan fingerprint density at radius 3 is 2.39 bits per heavy atom. The third-order valence-corrected chi connectivity index (χ3v) is 3.20. The number of hydrogen-bond acceptors (Lipinski definition) is 2. The van der Waals surface area contributed by atoms with Crippen LogP contribution in [0.2, 0.25) is 5.02 Å². The Hall–Kier alpha value is -1.51. The van der Waals surface area contributed by atoms with Crippen LogP contribution in [0.3, 0.4) is 0 Å². The van der Waals surface area contributed by atoms with Crippen LogP contribution in [0, 0.1) is 6.92 Å². The summed E-state index contributed by atoms with van der Waals surface area (Å²) in [4.78, 5) is 0. The van der Waals surface area contributed by atoms with Gasteiger partial charge in [0.05, 0.1) is 13.2 Å². The Morgan fingerprint density at radius 2 is 1.78 bits per heavy atom. The highest BCUT2D eigenvalue weighted by Gasteiger charge is 2.14. The summed E-state index contributed by atoms with van der Waals surface area (Å²) >= 11 is 6.02. The van der Waals surface area contributed by atoms with Gasteiger partial charge in [-0.2, -0.15) is 0 Å². The van der Waals surface area contributed by atoms with E-state index in [1.807, 2.05) is 36.4 Å². The number of methoxy groups -OCH3 is 1. The first kappa shape index (κ1) is 12.9. The van der Waals surface area contributed by atoms with Crippen LogP contribution in [0.15, 0.2) is 42.5 Å². The van der Waals surface area contributed by atoms with Crippen molar-refractivity contribution in [2.24, 2.45) is 5.73 Å². The SMILES string of the molecule is COc1ccc(Cl)cc1C(N)c1ccc(C)cc1. The molecule has 0 radical (unpaired) electrons. The summed E-state index contributed by atoms with van der Waals surface area (Å²) < 4.78 is 5.33. The summed E-state index contributed by atoms with van der Waals surface area (Å²) in [7, 11) is 1.63. The molecule has 0 aliphatic rings. The van der Waals surface area contributed by atoms with Crippen LogP contribution in [-0.2, 0) is 0 Å². The van der Waals surface area contributed by atoms with Crippen molar-refractivity contribution >= 4 is 11.6 Å². The largest absolute Gasteiger partial charge is 0.496 e. The van der Waals surface area contributed by atoms with Crippen molar-refractivity contribution in [2.45, 2.75) is 13.0 Å². The monoisotopic (exact) mass is 261 g/mol. The molecule has 3 heteroatoms. The number of nitrogens with two attached hydrogens (primary N) is 1. The first-order valence-electron chi connectivity index (χ1n) is 5.77. The lowest BCUT2D eigenvalue weighted by molar-refractivity contribution is 0.408. The van der Waals surface area contributed by atoms with Gasteiger partial charge >= 0.3 is 0 Å². The third-order valence-electron chi connectivity index (χ3n) is 2.96. The van der Waals surface area contributed by atoms with Crippen LogP contribution in [0.5, 0.6) is 5.75 Å². The van der Waals surface area contributed by atoms with Crippen LogP contribution < -0.4 is 10.5 Å². The molecule has 0 amide bonds. The van der Waals surface area contributed by atoms with E-state index >= 15 is 0 Å². The minimum Gasteiger partial charge on any atom is -0.496 e. The fourth-order valence-electron chi connectivity index (χ4n) is 1.90. The van der Waals surface area contributed by atoms with Gasteiger partial charge in [0.1, 0.15) is 5.75 Å². The Morgan fingerprint density at radius 1 is 1.11 bits per heavy atom. The van der Waals surface area contributed by atoms with Gasteiger partial charge in [-0.3, -0.25) is 0 Å². The molecule has 0 saturated heterocycles. The smallest absolute Gasteiger partial charge is 0.124 e. The molecule has 0 bridgehead atoms. The van der Waals surface area contributed by atoms with E-state index < -0.39 is 0 Å². The standard InChI is InChI=1S/C15H16ClNO/c1-10-3-5-11(6-4-10)15(17)13-9-12(16)7-8-14(13)18-2/h3-9,15H,17H2,1-2H3. The minimum absolute atomic E-state index is 0.237. The van der Waals surface area contributed by atoms with Gasteiger partial charge in [-0.05, 0) is 30.7 Å². The van der Waals surface area contributed by atoms with E-state index in [-0.39, 0.29) is 6.04 Å². The molecule has 1 atom stereocenters. The Kier molecular flexibility index (Phi) is 3.90. The lowest BCUT2D eigenvalue weighted by Crippen LogP contribution is -2.13. The lowest BCUT2D eigenvalue weighted by atomic mass is 9.98. The van der Waals surface area contributed by atoms with E-state index in [9.17, 15) is 0 Å². The molecule has 2 aromatic rings. The second-order valence-electron chi connectivity index (χ2n) is 4.27. The highest BCUT2D eigenvalue weighted by Crippen LogP contribution is 2.30. The van der Waals surface area contributed by atoms with Crippen LogP contribution in [0.1, 0.15) is 22.7 Å². The molecule has 0 aliphatic heterocycles. The van der Waals surface area contributed by atoms with Gasteiger partial charge in [0.15, 0.2) is 0 Å². The van der Waals surface area contributed by atoms with Gasteiger partial charge in [0.25, 0.3) is 0 Å². The summed E-state index contributed by atoms with van der Waals surface area (Å²) in [5.41, 5.74) is 9.42. The molecule has 2 aromatic carbocycles. The van der Waals surface area contributed by atoms with Gasteiger partial charge in [0.2, 0.25) is 0 Å². The van der Waals surface area contributed by atoms with E-state index in [1.165, 1.54) is 5.56 Å². The maximum absolute atomic E-state index is 6.27. The molecular weight excluding hydrogens is 246 g/mol. The van der Waals surface area contributed by atoms with E-state index in [2.05, 4.69) is 6.92 Å². The second-order valence-corrected chi connectivity index (χ2v) is 4.71. The van der Waals surface area contributed by atoms with E-state index in [4.69, 9.17) is 22.1 Å². The number of ether oxygens (including phenoxy) is 1.